The second-order valence-corrected chi connectivity index (χ2v) is 4.01. The number of benzene rings is 1. The Morgan fingerprint density at radius 1 is 1.33 bits per heavy atom. The van der Waals surface area contributed by atoms with E-state index in [1.54, 1.807) is 5.32 Å². The van der Waals surface area contributed by atoms with Gasteiger partial charge in [0.15, 0.2) is 18.2 Å². The van der Waals surface area contributed by atoms with Gasteiger partial charge in [0.05, 0.1) is 0 Å². The molecule has 1 N–H and O–H groups in total. The predicted molar refractivity (Wildman–Crippen MR) is 53.3 cm³/mol. The average Bonchev–Trinajstić information content (AvgIpc) is 2.30. The second kappa shape index (κ2) is 4.15. The lowest BCUT2D eigenvalue weighted by atomic mass is 9.98. The molecule has 7 heteroatoms. The van der Waals surface area contributed by atoms with Crippen LogP contribution in [0.25, 0.3) is 0 Å². The number of amides is 1. The molecule has 0 bridgehead atoms. The van der Waals surface area contributed by atoms with Crippen LogP contribution in [-0.4, -0.2) is 18.6 Å². The summed E-state index contributed by atoms with van der Waals surface area (Å²) in [4.78, 5) is 10.9. The molecule has 1 aliphatic rings. The van der Waals surface area contributed by atoms with Crippen molar-refractivity contribution in [2.24, 2.45) is 0 Å². The molecule has 1 aromatic carbocycles. The van der Waals surface area contributed by atoms with E-state index in [2.05, 4.69) is 4.74 Å². The molecule has 98 valence electrons. The standard InChI is InChI=1S/C11H9F4NO2/c1-5-2-3-6(8(13)7(5)12)9-11(14,15)4-18-10(17)16-9/h2-3,9H,4H2,1H3,(H,16,17)/t9-/m0/s1. The van der Waals surface area contributed by atoms with Crippen molar-refractivity contribution < 1.29 is 27.1 Å². The molecule has 0 saturated carbocycles. The van der Waals surface area contributed by atoms with Gasteiger partial charge in [0.2, 0.25) is 0 Å². The summed E-state index contributed by atoms with van der Waals surface area (Å²) < 4.78 is 58.1. The van der Waals surface area contributed by atoms with Crippen molar-refractivity contribution in [3.63, 3.8) is 0 Å². The first kappa shape index (κ1) is 12.7. The van der Waals surface area contributed by atoms with Crippen LogP contribution in [0.4, 0.5) is 22.4 Å². The van der Waals surface area contributed by atoms with Crippen molar-refractivity contribution in [3.8, 4) is 0 Å². The lowest BCUT2D eigenvalue weighted by Gasteiger charge is -2.32. The Balaban J connectivity index is 2.47. The summed E-state index contributed by atoms with van der Waals surface area (Å²) >= 11 is 0. The van der Waals surface area contributed by atoms with Crippen molar-refractivity contribution in [1.82, 2.24) is 5.32 Å². The topological polar surface area (TPSA) is 38.3 Å². The summed E-state index contributed by atoms with van der Waals surface area (Å²) in [5.41, 5.74) is -0.599. The van der Waals surface area contributed by atoms with Crippen LogP contribution in [0.15, 0.2) is 12.1 Å². The summed E-state index contributed by atoms with van der Waals surface area (Å²) in [5, 5.41) is 1.79. The summed E-state index contributed by atoms with van der Waals surface area (Å²) in [6, 6.07) is 0.262. The first-order valence-corrected chi connectivity index (χ1v) is 5.08. The van der Waals surface area contributed by atoms with Gasteiger partial charge in [-0.25, -0.2) is 22.4 Å². The Labute approximate surface area is 99.7 Å². The third kappa shape index (κ3) is 2.00. The van der Waals surface area contributed by atoms with E-state index in [0.29, 0.717) is 0 Å². The predicted octanol–water partition coefficient (Wildman–Crippen LogP) is 2.69. The van der Waals surface area contributed by atoms with Crippen molar-refractivity contribution >= 4 is 6.09 Å². The zero-order chi connectivity index (χ0) is 13.5. The SMILES string of the molecule is Cc1ccc([C@@H]2NC(=O)OCC2(F)F)c(F)c1F. The number of hydrogen-bond donors (Lipinski definition) is 1. The highest BCUT2D eigenvalue weighted by molar-refractivity contribution is 5.69. The summed E-state index contributed by atoms with van der Waals surface area (Å²) in [6.45, 7) is 0.140. The van der Waals surface area contributed by atoms with Crippen molar-refractivity contribution in [1.29, 1.82) is 0 Å². The Bertz CT molecular complexity index is 504. The van der Waals surface area contributed by atoms with Crippen LogP contribution in [0.1, 0.15) is 17.2 Å². The molecule has 1 saturated heterocycles. The molecular formula is C11H9F4NO2. The van der Waals surface area contributed by atoms with Crippen LogP contribution in [-0.2, 0) is 4.74 Å². The van der Waals surface area contributed by atoms with Gasteiger partial charge in [0, 0.05) is 5.56 Å². The number of rotatable bonds is 1. The zero-order valence-corrected chi connectivity index (χ0v) is 9.27. The maximum absolute atomic E-state index is 13.6. The van der Waals surface area contributed by atoms with Gasteiger partial charge in [-0.1, -0.05) is 12.1 Å². The largest absolute Gasteiger partial charge is 0.443 e. The van der Waals surface area contributed by atoms with E-state index in [4.69, 9.17) is 0 Å². The van der Waals surface area contributed by atoms with Crippen LogP contribution in [0.5, 0.6) is 0 Å². The highest BCUT2D eigenvalue weighted by Crippen LogP contribution is 2.36. The number of carbonyl (C=O) groups excluding carboxylic acids is 1. The summed E-state index contributed by atoms with van der Waals surface area (Å²) in [6.07, 6.45) is -1.09. The lowest BCUT2D eigenvalue weighted by Crippen LogP contribution is -2.50. The zero-order valence-electron chi connectivity index (χ0n) is 9.27. The first-order chi connectivity index (χ1) is 8.33. The van der Waals surface area contributed by atoms with Crippen LogP contribution in [0, 0.1) is 18.6 Å². The van der Waals surface area contributed by atoms with Gasteiger partial charge in [-0.2, -0.15) is 0 Å². The average molecular weight is 263 g/mol. The number of alkyl carbamates (subject to hydrolysis) is 1. The molecule has 1 heterocycles. The molecule has 3 nitrogen and oxygen atoms in total. The lowest BCUT2D eigenvalue weighted by molar-refractivity contribution is -0.105. The van der Waals surface area contributed by atoms with Gasteiger partial charge in [-0.15, -0.1) is 0 Å². The second-order valence-electron chi connectivity index (χ2n) is 4.01. The van der Waals surface area contributed by atoms with Crippen molar-refractivity contribution in [2.75, 3.05) is 6.61 Å². The van der Waals surface area contributed by atoms with Gasteiger partial charge in [-0.05, 0) is 12.5 Å². The number of hydrogen-bond acceptors (Lipinski definition) is 2. The molecule has 0 aliphatic carbocycles. The van der Waals surface area contributed by atoms with E-state index in [-0.39, 0.29) is 5.56 Å². The summed E-state index contributed by atoms with van der Waals surface area (Å²) in [7, 11) is 0. The normalized spacial score (nSPS) is 22.3. The Morgan fingerprint density at radius 2 is 2.00 bits per heavy atom. The number of carbonyl (C=O) groups is 1. The third-order valence-electron chi connectivity index (χ3n) is 2.70. The van der Waals surface area contributed by atoms with Gasteiger partial charge in [0.1, 0.15) is 6.04 Å². The smallest absolute Gasteiger partial charge is 0.408 e. The molecule has 1 atom stereocenters. The quantitative estimate of drug-likeness (QED) is 0.791. The Kier molecular flexibility index (Phi) is 2.92. The third-order valence-corrected chi connectivity index (χ3v) is 2.70. The number of aryl methyl sites for hydroxylation is 1. The van der Waals surface area contributed by atoms with Crippen molar-refractivity contribution in [2.45, 2.75) is 18.9 Å². The fourth-order valence-electron chi connectivity index (χ4n) is 1.70. The van der Waals surface area contributed by atoms with Gasteiger partial charge in [-0.3, -0.25) is 0 Å². The monoisotopic (exact) mass is 263 g/mol. The fraction of sp³-hybridized carbons (Fsp3) is 0.364. The minimum absolute atomic E-state index is 0.00190. The van der Waals surface area contributed by atoms with E-state index >= 15 is 0 Å². The van der Waals surface area contributed by atoms with E-state index in [1.807, 2.05) is 0 Å². The number of cyclic esters (lactones) is 1. The van der Waals surface area contributed by atoms with Gasteiger partial charge in [0.25, 0.3) is 0 Å². The molecule has 1 aliphatic heterocycles. The number of halogens is 4. The van der Waals surface area contributed by atoms with Gasteiger partial charge >= 0.3 is 12.0 Å². The molecule has 1 amide bonds. The molecule has 1 aromatic rings. The molecule has 2 rings (SSSR count). The highest BCUT2D eigenvalue weighted by atomic mass is 19.3. The maximum atomic E-state index is 13.6. The van der Waals surface area contributed by atoms with Gasteiger partial charge < -0.3 is 10.1 Å². The molecule has 1 fully saturated rings. The highest BCUT2D eigenvalue weighted by Gasteiger charge is 2.48. The van der Waals surface area contributed by atoms with Crippen LogP contribution >= 0.6 is 0 Å². The Morgan fingerprint density at radius 3 is 2.67 bits per heavy atom. The summed E-state index contributed by atoms with van der Waals surface area (Å²) in [5.74, 6) is -6.10. The molecule has 0 unspecified atom stereocenters. The number of alkyl halides is 2. The molecular weight excluding hydrogens is 254 g/mol. The Hall–Kier alpha value is -1.79. The number of ether oxygens (including phenoxy) is 1. The fourth-order valence-corrected chi connectivity index (χ4v) is 1.70. The molecule has 0 spiro atoms. The van der Waals surface area contributed by atoms with E-state index < -0.39 is 41.9 Å². The van der Waals surface area contributed by atoms with E-state index in [0.717, 1.165) is 6.07 Å². The molecule has 0 aromatic heterocycles. The molecule has 0 radical (unpaired) electrons. The minimum atomic E-state index is -3.50. The van der Waals surface area contributed by atoms with E-state index in [9.17, 15) is 22.4 Å². The van der Waals surface area contributed by atoms with Crippen LogP contribution < -0.4 is 5.32 Å². The van der Waals surface area contributed by atoms with Crippen molar-refractivity contribution in [3.05, 3.63) is 34.9 Å². The number of nitrogens with one attached hydrogen (secondary N) is 1. The minimum Gasteiger partial charge on any atom is -0.443 e. The molecule has 18 heavy (non-hydrogen) atoms. The van der Waals surface area contributed by atoms with Crippen LogP contribution in [0.2, 0.25) is 0 Å². The van der Waals surface area contributed by atoms with Crippen LogP contribution in [0.3, 0.4) is 0 Å². The maximum Gasteiger partial charge on any atom is 0.408 e. The van der Waals surface area contributed by atoms with E-state index in [1.165, 1.54) is 13.0 Å². The first-order valence-electron chi connectivity index (χ1n) is 5.08.